The lowest BCUT2D eigenvalue weighted by molar-refractivity contribution is 0.0996. The molecule has 0 aliphatic rings. The Morgan fingerprint density at radius 1 is 1.10 bits per heavy atom. The van der Waals surface area contributed by atoms with Crippen molar-refractivity contribution in [3.05, 3.63) is 64.8 Å². The zero-order chi connectivity index (χ0) is 15.0. The minimum atomic E-state index is -0.534. The van der Waals surface area contributed by atoms with Gasteiger partial charge in [0.15, 0.2) is 0 Å². The highest BCUT2D eigenvalue weighted by Gasteiger charge is 2.12. The van der Waals surface area contributed by atoms with Gasteiger partial charge >= 0.3 is 0 Å². The summed E-state index contributed by atoms with van der Waals surface area (Å²) in [5, 5.41) is 1.66. The average molecular weight is 297 g/mol. The third-order valence-electron chi connectivity index (χ3n) is 3.45. The maximum Gasteiger partial charge on any atom is 0.267 e. The van der Waals surface area contributed by atoms with E-state index in [1.807, 2.05) is 49.4 Å². The van der Waals surface area contributed by atoms with Gasteiger partial charge < -0.3 is 5.73 Å². The van der Waals surface area contributed by atoms with Gasteiger partial charge in [0.05, 0.1) is 5.52 Å². The van der Waals surface area contributed by atoms with Crippen LogP contribution in [0.1, 0.15) is 16.1 Å². The van der Waals surface area contributed by atoms with Crippen LogP contribution in [0, 0.1) is 6.92 Å². The lowest BCUT2D eigenvalue weighted by atomic mass is 9.96. The van der Waals surface area contributed by atoms with E-state index < -0.39 is 5.91 Å². The molecule has 0 fully saturated rings. The molecule has 0 saturated heterocycles. The summed E-state index contributed by atoms with van der Waals surface area (Å²) in [6, 6.07) is 15.1. The van der Waals surface area contributed by atoms with Gasteiger partial charge in [0.1, 0.15) is 5.69 Å². The van der Waals surface area contributed by atoms with Gasteiger partial charge in [-0.15, -0.1) is 0 Å². The van der Waals surface area contributed by atoms with Crippen molar-refractivity contribution in [1.29, 1.82) is 0 Å². The maximum absolute atomic E-state index is 11.5. The van der Waals surface area contributed by atoms with Gasteiger partial charge in [-0.05, 0) is 47.9 Å². The number of halogens is 1. The van der Waals surface area contributed by atoms with Crippen LogP contribution in [0.25, 0.3) is 22.0 Å². The van der Waals surface area contributed by atoms with E-state index in [1.54, 1.807) is 6.07 Å². The van der Waals surface area contributed by atoms with Crippen LogP contribution in [0.15, 0.2) is 48.5 Å². The fourth-order valence-corrected chi connectivity index (χ4v) is 2.68. The highest BCUT2D eigenvalue weighted by Crippen LogP contribution is 2.32. The first-order valence-corrected chi connectivity index (χ1v) is 6.90. The van der Waals surface area contributed by atoms with Gasteiger partial charge in [-0.3, -0.25) is 4.79 Å². The summed E-state index contributed by atoms with van der Waals surface area (Å²) in [5.74, 6) is -0.534. The fourth-order valence-electron chi connectivity index (χ4n) is 2.45. The summed E-state index contributed by atoms with van der Waals surface area (Å²) in [4.78, 5) is 15.8. The Bertz CT molecular complexity index is 859. The topological polar surface area (TPSA) is 56.0 Å². The Morgan fingerprint density at radius 2 is 1.86 bits per heavy atom. The van der Waals surface area contributed by atoms with Crippen LogP contribution in [-0.2, 0) is 0 Å². The number of fused-ring (bicyclic) bond motifs is 1. The first-order valence-electron chi connectivity index (χ1n) is 6.52. The maximum atomic E-state index is 11.5. The summed E-state index contributed by atoms with van der Waals surface area (Å²) in [6.07, 6.45) is 0. The molecule has 0 spiro atoms. The third kappa shape index (κ3) is 2.48. The van der Waals surface area contributed by atoms with Crippen molar-refractivity contribution in [2.24, 2.45) is 5.73 Å². The van der Waals surface area contributed by atoms with Crippen molar-refractivity contribution < 1.29 is 4.79 Å². The van der Waals surface area contributed by atoms with Crippen LogP contribution in [0.5, 0.6) is 0 Å². The number of aryl methyl sites for hydroxylation is 1. The van der Waals surface area contributed by atoms with E-state index in [0.29, 0.717) is 5.02 Å². The molecule has 3 nitrogen and oxygen atoms in total. The van der Waals surface area contributed by atoms with Gasteiger partial charge in [-0.2, -0.15) is 0 Å². The van der Waals surface area contributed by atoms with Crippen molar-refractivity contribution in [1.82, 2.24) is 4.98 Å². The van der Waals surface area contributed by atoms with E-state index >= 15 is 0 Å². The summed E-state index contributed by atoms with van der Waals surface area (Å²) in [5.41, 5.74) is 9.39. The Kier molecular flexibility index (Phi) is 3.35. The Hall–Kier alpha value is -2.39. The average Bonchev–Trinajstić information content (AvgIpc) is 2.46. The summed E-state index contributed by atoms with van der Waals surface area (Å²) in [6.45, 7) is 1.99. The largest absolute Gasteiger partial charge is 0.364 e. The van der Waals surface area contributed by atoms with Gasteiger partial charge in [-0.25, -0.2) is 4.98 Å². The molecule has 104 valence electrons. The predicted octanol–water partition coefficient (Wildman–Crippen LogP) is 3.96. The molecule has 3 aromatic rings. The smallest absolute Gasteiger partial charge is 0.267 e. The molecule has 2 N–H and O–H groups in total. The van der Waals surface area contributed by atoms with Crippen molar-refractivity contribution in [2.75, 3.05) is 0 Å². The molecule has 1 aromatic heterocycles. The number of aromatic nitrogens is 1. The van der Waals surface area contributed by atoms with Crippen LogP contribution >= 0.6 is 11.6 Å². The van der Waals surface area contributed by atoms with E-state index in [4.69, 9.17) is 17.3 Å². The predicted molar refractivity (Wildman–Crippen MR) is 85.4 cm³/mol. The van der Waals surface area contributed by atoms with E-state index in [2.05, 4.69) is 4.98 Å². The number of para-hydroxylation sites is 1. The second-order valence-electron chi connectivity index (χ2n) is 4.90. The zero-order valence-electron chi connectivity index (χ0n) is 11.4. The molecule has 21 heavy (non-hydrogen) atoms. The number of hydrogen-bond acceptors (Lipinski definition) is 2. The van der Waals surface area contributed by atoms with E-state index in [9.17, 15) is 4.79 Å². The molecule has 2 aromatic carbocycles. The summed E-state index contributed by atoms with van der Waals surface area (Å²) < 4.78 is 0. The van der Waals surface area contributed by atoms with Crippen LogP contribution in [0.4, 0.5) is 0 Å². The molecule has 4 heteroatoms. The summed E-state index contributed by atoms with van der Waals surface area (Å²) in [7, 11) is 0. The molecular weight excluding hydrogens is 284 g/mol. The SMILES string of the molecule is Cc1cc(Cl)ccc1-c1cc(C(N)=O)nc2ccccc12. The third-order valence-corrected chi connectivity index (χ3v) is 3.68. The lowest BCUT2D eigenvalue weighted by Gasteiger charge is -2.11. The highest BCUT2D eigenvalue weighted by molar-refractivity contribution is 6.30. The molecular formula is C17H13ClN2O. The number of amides is 1. The Morgan fingerprint density at radius 3 is 2.57 bits per heavy atom. The molecule has 0 aliphatic carbocycles. The molecule has 0 radical (unpaired) electrons. The number of pyridine rings is 1. The number of nitrogens with two attached hydrogens (primary N) is 1. The zero-order valence-corrected chi connectivity index (χ0v) is 12.2. The minimum absolute atomic E-state index is 0.262. The molecule has 1 heterocycles. The van der Waals surface area contributed by atoms with Crippen molar-refractivity contribution in [3.8, 4) is 11.1 Å². The Balaban J connectivity index is 2.37. The molecule has 3 rings (SSSR count). The standard InChI is InChI=1S/C17H13ClN2O/c1-10-8-11(18)6-7-12(10)14-9-16(17(19)21)20-15-5-3-2-4-13(14)15/h2-9H,1H3,(H2,19,21). The van der Waals surface area contributed by atoms with Crippen LogP contribution in [-0.4, -0.2) is 10.9 Å². The van der Waals surface area contributed by atoms with Gasteiger partial charge in [0, 0.05) is 10.4 Å². The van der Waals surface area contributed by atoms with Gasteiger partial charge in [0.25, 0.3) is 5.91 Å². The highest BCUT2D eigenvalue weighted by atomic mass is 35.5. The number of hydrogen-bond donors (Lipinski definition) is 1. The number of carbonyl (C=O) groups is 1. The van der Waals surface area contributed by atoms with Gasteiger partial charge in [0.2, 0.25) is 0 Å². The molecule has 0 unspecified atom stereocenters. The molecule has 0 saturated carbocycles. The van der Waals surface area contributed by atoms with Crippen LogP contribution in [0.3, 0.4) is 0 Å². The van der Waals surface area contributed by atoms with E-state index in [0.717, 1.165) is 27.6 Å². The number of carbonyl (C=O) groups excluding carboxylic acids is 1. The normalized spacial score (nSPS) is 10.8. The number of rotatable bonds is 2. The molecule has 0 atom stereocenters. The fraction of sp³-hybridized carbons (Fsp3) is 0.0588. The number of benzene rings is 2. The second-order valence-corrected chi connectivity index (χ2v) is 5.33. The number of primary amides is 1. The Labute approximate surface area is 127 Å². The van der Waals surface area contributed by atoms with Crippen molar-refractivity contribution in [2.45, 2.75) is 6.92 Å². The lowest BCUT2D eigenvalue weighted by Crippen LogP contribution is -2.13. The number of nitrogens with zero attached hydrogens (tertiary/aromatic N) is 1. The first kappa shape index (κ1) is 13.6. The molecule has 0 aliphatic heterocycles. The first-order chi connectivity index (χ1) is 10.1. The quantitative estimate of drug-likeness (QED) is 0.778. The second kappa shape index (κ2) is 5.19. The molecule has 0 bridgehead atoms. The van der Waals surface area contributed by atoms with Crippen LogP contribution in [0.2, 0.25) is 5.02 Å². The van der Waals surface area contributed by atoms with Crippen LogP contribution < -0.4 is 5.73 Å². The van der Waals surface area contributed by atoms with Crippen molar-refractivity contribution in [3.63, 3.8) is 0 Å². The monoisotopic (exact) mass is 296 g/mol. The minimum Gasteiger partial charge on any atom is -0.364 e. The van der Waals surface area contributed by atoms with Crippen molar-refractivity contribution >= 4 is 28.4 Å². The van der Waals surface area contributed by atoms with Gasteiger partial charge in [-0.1, -0.05) is 35.9 Å². The van der Waals surface area contributed by atoms with E-state index in [1.165, 1.54) is 0 Å². The summed E-state index contributed by atoms with van der Waals surface area (Å²) >= 11 is 6.02. The molecule has 1 amide bonds. The van der Waals surface area contributed by atoms with E-state index in [-0.39, 0.29) is 5.69 Å².